The van der Waals surface area contributed by atoms with Crippen molar-refractivity contribution < 1.29 is 37.0 Å². The zero-order valence-electron chi connectivity index (χ0n) is 16.6. The first-order chi connectivity index (χ1) is 15.1. The molecule has 0 bridgehead atoms. The zero-order valence-corrected chi connectivity index (χ0v) is 17.4. The largest absolute Gasteiger partial charge is 0.482 e. The number of halogens is 4. The van der Waals surface area contributed by atoms with Crippen molar-refractivity contribution in [2.75, 3.05) is 23.4 Å². The highest BCUT2D eigenvalue weighted by molar-refractivity contribution is 6.33. The van der Waals surface area contributed by atoms with Crippen molar-refractivity contribution in [2.45, 2.75) is 25.6 Å². The summed E-state index contributed by atoms with van der Waals surface area (Å²) in [4.78, 5) is 41.4. The number of aromatic nitrogens is 1. The van der Waals surface area contributed by atoms with Gasteiger partial charge in [0, 0.05) is 12.7 Å². The fourth-order valence-electron chi connectivity index (χ4n) is 2.82. The Morgan fingerprint density at radius 2 is 2.06 bits per heavy atom. The number of alkyl halides is 3. The monoisotopic (exact) mass is 471 g/mol. The summed E-state index contributed by atoms with van der Waals surface area (Å²) in [5.41, 5.74) is -0.551. The molecule has 1 aliphatic rings. The van der Waals surface area contributed by atoms with Gasteiger partial charge in [-0.3, -0.25) is 14.4 Å². The lowest BCUT2D eigenvalue weighted by Crippen LogP contribution is -2.40. The number of ether oxygens (including phenoxy) is 2. The van der Waals surface area contributed by atoms with Crippen LogP contribution in [-0.4, -0.2) is 42.0 Å². The van der Waals surface area contributed by atoms with Crippen LogP contribution in [0.25, 0.3) is 0 Å². The van der Waals surface area contributed by atoms with Gasteiger partial charge in [-0.15, -0.1) is 0 Å². The molecular weight excluding hydrogens is 455 g/mol. The maximum absolute atomic E-state index is 12.7. The highest BCUT2D eigenvalue weighted by Gasteiger charge is 2.32. The maximum atomic E-state index is 12.7. The van der Waals surface area contributed by atoms with E-state index >= 15 is 0 Å². The summed E-state index contributed by atoms with van der Waals surface area (Å²) in [5.74, 6) is -1.71. The number of fused-ring (bicyclic) bond motifs is 1. The Morgan fingerprint density at radius 1 is 1.34 bits per heavy atom. The molecule has 0 spiro atoms. The number of pyridine rings is 1. The number of hydrogen-bond donors (Lipinski definition) is 1. The molecule has 3 rings (SSSR count). The first-order valence-corrected chi connectivity index (χ1v) is 9.69. The van der Waals surface area contributed by atoms with Gasteiger partial charge in [0.25, 0.3) is 11.8 Å². The molecule has 2 amide bonds. The van der Waals surface area contributed by atoms with E-state index in [1.807, 2.05) is 0 Å². The van der Waals surface area contributed by atoms with E-state index in [-0.39, 0.29) is 31.3 Å². The Kier molecular flexibility index (Phi) is 6.87. The number of carbonyl (C=O) groups is 3. The number of nitrogens with one attached hydrogen (secondary N) is 1. The maximum Gasteiger partial charge on any atom is 0.417 e. The van der Waals surface area contributed by atoms with Gasteiger partial charge in [-0.1, -0.05) is 23.7 Å². The van der Waals surface area contributed by atoms with Gasteiger partial charge in [0.2, 0.25) is 0 Å². The molecule has 0 unspecified atom stereocenters. The molecule has 2 heterocycles. The van der Waals surface area contributed by atoms with Crippen molar-refractivity contribution in [1.29, 1.82) is 0 Å². The summed E-state index contributed by atoms with van der Waals surface area (Å²) in [6, 6.07) is 7.46. The highest BCUT2D eigenvalue weighted by Crippen LogP contribution is 2.33. The molecule has 32 heavy (non-hydrogen) atoms. The van der Waals surface area contributed by atoms with Crippen LogP contribution in [0.3, 0.4) is 0 Å². The number of esters is 1. The van der Waals surface area contributed by atoms with Gasteiger partial charge < -0.3 is 19.7 Å². The molecule has 1 aromatic carbocycles. The van der Waals surface area contributed by atoms with Crippen molar-refractivity contribution in [2.24, 2.45) is 0 Å². The summed E-state index contributed by atoms with van der Waals surface area (Å²) in [6.45, 7) is 1.13. The van der Waals surface area contributed by atoms with E-state index < -0.39 is 34.7 Å². The second-order valence-corrected chi connectivity index (χ2v) is 7.13. The van der Waals surface area contributed by atoms with E-state index in [9.17, 15) is 27.6 Å². The minimum atomic E-state index is -4.63. The van der Waals surface area contributed by atoms with Crippen LogP contribution in [0.1, 0.15) is 18.9 Å². The second kappa shape index (κ2) is 9.43. The first kappa shape index (κ1) is 23.3. The van der Waals surface area contributed by atoms with Crippen LogP contribution in [0.2, 0.25) is 5.02 Å². The van der Waals surface area contributed by atoms with Crippen molar-refractivity contribution in [3.8, 4) is 5.75 Å². The van der Waals surface area contributed by atoms with Crippen molar-refractivity contribution >= 4 is 40.9 Å². The van der Waals surface area contributed by atoms with Gasteiger partial charge in [0.05, 0.1) is 22.7 Å². The Morgan fingerprint density at radius 3 is 2.75 bits per heavy atom. The SMILES string of the molecule is C[C@@H](OC(=O)CCN1C(=O)COc2ccccc21)C(=O)Nc1ncc(C(F)(F)F)cc1Cl. The molecule has 1 atom stereocenters. The molecule has 2 aromatic rings. The fraction of sp³-hybridized carbons (Fsp3) is 0.300. The third kappa shape index (κ3) is 5.47. The summed E-state index contributed by atoms with van der Waals surface area (Å²) in [7, 11) is 0. The molecule has 1 N–H and O–H groups in total. The fourth-order valence-corrected chi connectivity index (χ4v) is 3.03. The van der Waals surface area contributed by atoms with Gasteiger partial charge in [0.1, 0.15) is 5.75 Å². The molecule has 8 nitrogen and oxygen atoms in total. The van der Waals surface area contributed by atoms with Crippen molar-refractivity contribution in [3.05, 3.63) is 47.1 Å². The molecule has 12 heteroatoms. The van der Waals surface area contributed by atoms with E-state index in [0.717, 1.165) is 0 Å². The van der Waals surface area contributed by atoms with E-state index in [1.165, 1.54) is 11.8 Å². The summed E-state index contributed by atoms with van der Waals surface area (Å²) in [6.07, 6.45) is -5.59. The third-order valence-corrected chi connectivity index (χ3v) is 4.72. The molecular formula is C20H17ClF3N3O5. The van der Waals surface area contributed by atoms with E-state index in [2.05, 4.69) is 10.3 Å². The molecule has 0 radical (unpaired) electrons. The van der Waals surface area contributed by atoms with Crippen LogP contribution >= 0.6 is 11.6 Å². The molecule has 0 fully saturated rings. The number of hydrogen-bond acceptors (Lipinski definition) is 6. The first-order valence-electron chi connectivity index (χ1n) is 9.31. The van der Waals surface area contributed by atoms with Gasteiger partial charge in [0.15, 0.2) is 18.5 Å². The van der Waals surface area contributed by atoms with E-state index in [1.54, 1.807) is 24.3 Å². The van der Waals surface area contributed by atoms with Crippen molar-refractivity contribution in [1.82, 2.24) is 4.98 Å². The van der Waals surface area contributed by atoms with Crippen LogP contribution in [0, 0.1) is 0 Å². The van der Waals surface area contributed by atoms with Crippen LogP contribution in [0.5, 0.6) is 5.75 Å². The minimum Gasteiger partial charge on any atom is -0.482 e. The number of para-hydroxylation sites is 2. The lowest BCUT2D eigenvalue weighted by molar-refractivity contribution is -0.153. The third-order valence-electron chi connectivity index (χ3n) is 4.44. The average Bonchev–Trinajstić information content (AvgIpc) is 2.73. The van der Waals surface area contributed by atoms with Crippen LogP contribution in [-0.2, 0) is 25.3 Å². The number of anilines is 2. The number of carbonyl (C=O) groups excluding carboxylic acids is 3. The molecule has 170 valence electrons. The lowest BCUT2D eigenvalue weighted by Gasteiger charge is -2.29. The van der Waals surface area contributed by atoms with Gasteiger partial charge >= 0.3 is 12.1 Å². The summed E-state index contributed by atoms with van der Waals surface area (Å²) in [5, 5.41) is 1.79. The van der Waals surface area contributed by atoms with Crippen LogP contribution in [0.4, 0.5) is 24.7 Å². The van der Waals surface area contributed by atoms with Crippen LogP contribution < -0.4 is 15.0 Å². The normalized spacial score (nSPS) is 14.3. The zero-order chi connectivity index (χ0) is 23.5. The Balaban J connectivity index is 1.55. The number of amides is 2. The molecule has 1 aromatic heterocycles. The number of benzene rings is 1. The quantitative estimate of drug-likeness (QED) is 0.648. The predicted octanol–water partition coefficient (Wildman–Crippen LogP) is 3.44. The lowest BCUT2D eigenvalue weighted by atomic mass is 10.2. The molecule has 1 aliphatic heterocycles. The Labute approximate surface area is 185 Å². The summed E-state index contributed by atoms with van der Waals surface area (Å²) < 4.78 is 48.4. The molecule has 0 saturated carbocycles. The Bertz CT molecular complexity index is 1050. The topological polar surface area (TPSA) is 97.8 Å². The average molecular weight is 472 g/mol. The van der Waals surface area contributed by atoms with Gasteiger partial charge in [-0.25, -0.2) is 4.98 Å². The second-order valence-electron chi connectivity index (χ2n) is 6.73. The smallest absolute Gasteiger partial charge is 0.417 e. The number of rotatable bonds is 6. The molecule has 0 aliphatic carbocycles. The van der Waals surface area contributed by atoms with E-state index in [0.29, 0.717) is 23.7 Å². The van der Waals surface area contributed by atoms with Crippen molar-refractivity contribution in [3.63, 3.8) is 0 Å². The predicted molar refractivity (Wildman–Crippen MR) is 107 cm³/mol. The number of nitrogens with zero attached hydrogens (tertiary/aromatic N) is 2. The van der Waals surface area contributed by atoms with Gasteiger partial charge in [-0.05, 0) is 25.1 Å². The minimum absolute atomic E-state index is 0.0126. The standard InChI is InChI=1S/C20H17ClF3N3O5/c1-11(19(30)26-18-13(21)8-12(9-25-18)20(22,23)24)32-17(29)6-7-27-14-4-2-3-5-15(14)31-10-16(27)28/h2-5,8-9,11H,6-7,10H2,1H3,(H,25,26,30)/t11-/m1/s1. The molecule has 0 saturated heterocycles. The van der Waals surface area contributed by atoms with Crippen LogP contribution in [0.15, 0.2) is 36.5 Å². The van der Waals surface area contributed by atoms with E-state index in [4.69, 9.17) is 21.1 Å². The Hall–Kier alpha value is -3.34. The summed E-state index contributed by atoms with van der Waals surface area (Å²) >= 11 is 5.75. The van der Waals surface area contributed by atoms with Gasteiger partial charge in [-0.2, -0.15) is 13.2 Å². The highest BCUT2D eigenvalue weighted by atomic mass is 35.5.